The molecule has 1 N–H and O–H groups in total. The highest BCUT2D eigenvalue weighted by molar-refractivity contribution is 5.67. The molecule has 6 heteroatoms. The van der Waals surface area contributed by atoms with Gasteiger partial charge in [0, 0.05) is 17.9 Å². The summed E-state index contributed by atoms with van der Waals surface area (Å²) in [6, 6.07) is 6.06. The molecular formula is C23H31NO5. The minimum atomic E-state index is -0.346. The van der Waals surface area contributed by atoms with Crippen LogP contribution in [0.1, 0.15) is 45.8 Å². The Hall–Kier alpha value is -2.21. The van der Waals surface area contributed by atoms with Crippen molar-refractivity contribution >= 4 is 6.09 Å². The highest BCUT2D eigenvalue weighted by atomic mass is 16.7. The maximum absolute atomic E-state index is 12.1. The number of ether oxygens (including phenoxy) is 4. The van der Waals surface area contributed by atoms with Gasteiger partial charge in [-0.1, -0.05) is 38.5 Å². The molecule has 6 nitrogen and oxygen atoms in total. The predicted molar refractivity (Wildman–Crippen MR) is 109 cm³/mol. The Kier molecular flexibility index (Phi) is 5.47. The maximum atomic E-state index is 12.1. The van der Waals surface area contributed by atoms with Gasteiger partial charge >= 0.3 is 6.09 Å². The van der Waals surface area contributed by atoms with E-state index in [1.54, 1.807) is 0 Å². The van der Waals surface area contributed by atoms with Crippen molar-refractivity contribution in [2.75, 3.05) is 26.6 Å². The van der Waals surface area contributed by atoms with Crippen LogP contribution in [0.3, 0.4) is 0 Å². The standard InChI is InChI=1S/C23H31NO5/c1-5-8-24-22(25)27-12-23-11-26-21(20(16(23)4)14(2)9-15(23)3)17-6-7-18-19(10-17)29-13-28-18/h6-7,9-10,15-16,20-21H,5,8,11-13H2,1-4H3,(H,24,25)/t15-,16-,20-,21-,23+/m0/s1. The second-order valence-electron chi connectivity index (χ2n) is 8.59. The van der Waals surface area contributed by atoms with E-state index in [1.165, 1.54) is 5.57 Å². The number of amides is 1. The van der Waals surface area contributed by atoms with Crippen molar-refractivity contribution in [1.82, 2.24) is 5.32 Å². The van der Waals surface area contributed by atoms with E-state index in [2.05, 4.69) is 38.2 Å². The van der Waals surface area contributed by atoms with Gasteiger partial charge in [-0.15, -0.1) is 0 Å². The van der Waals surface area contributed by atoms with E-state index < -0.39 is 0 Å². The average Bonchev–Trinajstić information content (AvgIpc) is 3.17. The summed E-state index contributed by atoms with van der Waals surface area (Å²) in [4.78, 5) is 12.1. The van der Waals surface area contributed by atoms with E-state index in [0.717, 1.165) is 23.5 Å². The van der Waals surface area contributed by atoms with Gasteiger partial charge in [-0.05, 0) is 42.9 Å². The molecule has 0 saturated carbocycles. The van der Waals surface area contributed by atoms with Crippen LogP contribution in [0.5, 0.6) is 11.5 Å². The number of fused-ring (bicyclic) bond motifs is 3. The van der Waals surface area contributed by atoms with Crippen molar-refractivity contribution in [2.45, 2.75) is 40.2 Å². The van der Waals surface area contributed by atoms with E-state index in [-0.39, 0.29) is 36.2 Å². The second-order valence-corrected chi connectivity index (χ2v) is 8.59. The number of nitrogens with one attached hydrogen (secondary N) is 1. The van der Waals surface area contributed by atoms with E-state index >= 15 is 0 Å². The first-order valence-corrected chi connectivity index (χ1v) is 10.6. The largest absolute Gasteiger partial charge is 0.454 e. The summed E-state index contributed by atoms with van der Waals surface area (Å²) < 4.78 is 23.1. The van der Waals surface area contributed by atoms with Gasteiger partial charge in [-0.3, -0.25) is 0 Å². The smallest absolute Gasteiger partial charge is 0.407 e. The summed E-state index contributed by atoms with van der Waals surface area (Å²) in [7, 11) is 0. The zero-order chi connectivity index (χ0) is 20.6. The van der Waals surface area contributed by atoms with Crippen LogP contribution in [0.4, 0.5) is 4.79 Å². The van der Waals surface area contributed by atoms with Gasteiger partial charge in [0.1, 0.15) is 6.61 Å². The Morgan fingerprint density at radius 2 is 2.07 bits per heavy atom. The molecule has 1 fully saturated rings. The molecule has 1 amide bonds. The molecule has 1 aromatic carbocycles. The first-order valence-electron chi connectivity index (χ1n) is 10.6. The van der Waals surface area contributed by atoms with Crippen LogP contribution in [0.25, 0.3) is 0 Å². The zero-order valence-electron chi connectivity index (χ0n) is 17.7. The van der Waals surface area contributed by atoms with Gasteiger partial charge in [0.25, 0.3) is 0 Å². The number of carbonyl (C=O) groups excluding carboxylic acids is 1. The Labute approximate surface area is 172 Å². The van der Waals surface area contributed by atoms with Crippen LogP contribution < -0.4 is 14.8 Å². The molecule has 1 aliphatic carbocycles. The Morgan fingerprint density at radius 3 is 2.86 bits per heavy atom. The third kappa shape index (κ3) is 3.48. The average molecular weight is 402 g/mol. The second kappa shape index (κ2) is 7.90. The van der Waals surface area contributed by atoms with Crippen molar-refractivity contribution in [3.8, 4) is 11.5 Å². The van der Waals surface area contributed by atoms with Gasteiger partial charge < -0.3 is 24.3 Å². The SMILES string of the molecule is CCCNC(=O)OC[C@]12CO[C@@H](c3ccc4c(c3)OCO4)[C@@H](C(C)=C[C@@H]1C)[C@@H]2C. The monoisotopic (exact) mass is 401 g/mol. The first-order chi connectivity index (χ1) is 14.0. The van der Waals surface area contributed by atoms with Crippen LogP contribution in [0, 0.1) is 23.2 Å². The van der Waals surface area contributed by atoms with E-state index in [4.69, 9.17) is 18.9 Å². The summed E-state index contributed by atoms with van der Waals surface area (Å²) in [5.41, 5.74) is 2.21. The highest BCUT2D eigenvalue weighted by Gasteiger charge is 2.54. The van der Waals surface area contributed by atoms with E-state index in [0.29, 0.717) is 25.7 Å². The maximum Gasteiger partial charge on any atom is 0.407 e. The number of hydrogen-bond acceptors (Lipinski definition) is 5. The third-order valence-corrected chi connectivity index (χ3v) is 6.97. The molecule has 0 aromatic heterocycles. The number of allylic oxidation sites excluding steroid dienone is 1. The summed E-state index contributed by atoms with van der Waals surface area (Å²) in [5.74, 6) is 2.36. The Balaban J connectivity index is 1.57. The van der Waals surface area contributed by atoms with Gasteiger partial charge in [-0.25, -0.2) is 4.79 Å². The molecule has 0 radical (unpaired) electrons. The fraction of sp³-hybridized carbons (Fsp3) is 0.609. The molecule has 4 rings (SSSR count). The third-order valence-electron chi connectivity index (χ3n) is 6.97. The van der Waals surface area contributed by atoms with Crippen LogP contribution in [0.15, 0.2) is 29.8 Å². The number of benzene rings is 1. The van der Waals surface area contributed by atoms with Crippen molar-refractivity contribution in [2.24, 2.45) is 23.2 Å². The lowest BCUT2D eigenvalue weighted by Crippen LogP contribution is -2.54. The molecule has 29 heavy (non-hydrogen) atoms. The molecule has 5 atom stereocenters. The van der Waals surface area contributed by atoms with Crippen LogP contribution >= 0.6 is 0 Å². The van der Waals surface area contributed by atoms with Crippen molar-refractivity contribution < 1.29 is 23.7 Å². The quantitative estimate of drug-likeness (QED) is 0.738. The van der Waals surface area contributed by atoms with Crippen LogP contribution in [-0.4, -0.2) is 32.6 Å². The summed E-state index contributed by atoms with van der Waals surface area (Å²) >= 11 is 0. The normalized spacial score (nSPS) is 32.5. The zero-order valence-corrected chi connectivity index (χ0v) is 17.7. The van der Waals surface area contributed by atoms with Crippen LogP contribution in [-0.2, 0) is 9.47 Å². The topological polar surface area (TPSA) is 66.0 Å². The molecule has 0 unspecified atom stereocenters. The molecule has 158 valence electrons. The summed E-state index contributed by atoms with van der Waals surface area (Å²) in [5, 5.41) is 2.80. The molecule has 2 bridgehead atoms. The van der Waals surface area contributed by atoms with Gasteiger partial charge in [-0.2, -0.15) is 0 Å². The van der Waals surface area contributed by atoms with Crippen molar-refractivity contribution in [3.63, 3.8) is 0 Å². The molecule has 2 heterocycles. The molecule has 0 spiro atoms. The number of hydrogen-bond donors (Lipinski definition) is 1. The number of alkyl carbamates (subject to hydrolysis) is 1. The van der Waals surface area contributed by atoms with E-state index in [9.17, 15) is 4.79 Å². The van der Waals surface area contributed by atoms with Gasteiger partial charge in [0.2, 0.25) is 6.79 Å². The van der Waals surface area contributed by atoms with Gasteiger partial charge in [0.15, 0.2) is 11.5 Å². The summed E-state index contributed by atoms with van der Waals surface area (Å²) in [6.45, 7) is 10.5. The van der Waals surface area contributed by atoms with Crippen molar-refractivity contribution in [1.29, 1.82) is 0 Å². The molecular weight excluding hydrogens is 370 g/mol. The lowest BCUT2D eigenvalue weighted by Gasteiger charge is -2.55. The van der Waals surface area contributed by atoms with Crippen molar-refractivity contribution in [3.05, 3.63) is 35.4 Å². The Morgan fingerprint density at radius 1 is 1.28 bits per heavy atom. The lowest BCUT2D eigenvalue weighted by atomic mass is 9.56. The summed E-state index contributed by atoms with van der Waals surface area (Å²) in [6.07, 6.45) is 2.82. The number of carbonyl (C=O) groups is 1. The fourth-order valence-electron chi connectivity index (χ4n) is 5.13. The highest BCUT2D eigenvalue weighted by Crippen LogP contribution is 2.56. The lowest BCUT2D eigenvalue weighted by molar-refractivity contribution is -0.165. The first kappa shape index (κ1) is 20.1. The fourth-order valence-corrected chi connectivity index (χ4v) is 5.13. The minimum Gasteiger partial charge on any atom is -0.454 e. The van der Waals surface area contributed by atoms with Gasteiger partial charge in [0.05, 0.1) is 12.7 Å². The Bertz CT molecular complexity index is 806. The molecule has 2 aliphatic heterocycles. The number of rotatable bonds is 5. The minimum absolute atomic E-state index is 0.0507. The molecule has 1 saturated heterocycles. The predicted octanol–water partition coefficient (Wildman–Crippen LogP) is 4.46. The molecule has 1 aromatic rings. The van der Waals surface area contributed by atoms with Crippen LogP contribution in [0.2, 0.25) is 0 Å². The molecule has 3 aliphatic rings. The van der Waals surface area contributed by atoms with E-state index in [1.807, 2.05) is 19.1 Å².